The van der Waals surface area contributed by atoms with Gasteiger partial charge in [-0.25, -0.2) is 8.42 Å². The molecule has 0 radical (unpaired) electrons. The summed E-state index contributed by atoms with van der Waals surface area (Å²) < 4.78 is 30.6. The molecule has 0 amide bonds. The summed E-state index contributed by atoms with van der Waals surface area (Å²) in [5.74, 6) is 0.694. The summed E-state index contributed by atoms with van der Waals surface area (Å²) in [5.41, 5.74) is 0. The maximum atomic E-state index is 11.9. The SMILES string of the molecule is CN1CCC(N(Cc2ccco2)S(C)(=O)=O)CC1. The van der Waals surface area contributed by atoms with E-state index in [0.717, 1.165) is 25.9 Å². The van der Waals surface area contributed by atoms with Gasteiger partial charge in [0.05, 0.1) is 19.1 Å². The zero-order chi connectivity index (χ0) is 13.2. The highest BCUT2D eigenvalue weighted by Crippen LogP contribution is 2.21. The number of hydrogen-bond acceptors (Lipinski definition) is 4. The van der Waals surface area contributed by atoms with Crippen LogP contribution in [0, 0.1) is 0 Å². The van der Waals surface area contributed by atoms with Crippen molar-refractivity contribution in [2.24, 2.45) is 0 Å². The molecule has 1 aliphatic heterocycles. The molecule has 1 aliphatic rings. The van der Waals surface area contributed by atoms with Crippen LogP contribution in [0.25, 0.3) is 0 Å². The van der Waals surface area contributed by atoms with Gasteiger partial charge < -0.3 is 9.32 Å². The Hall–Kier alpha value is -0.850. The monoisotopic (exact) mass is 272 g/mol. The van der Waals surface area contributed by atoms with E-state index < -0.39 is 10.0 Å². The first kappa shape index (κ1) is 13.6. The van der Waals surface area contributed by atoms with E-state index in [4.69, 9.17) is 4.42 Å². The highest BCUT2D eigenvalue weighted by atomic mass is 32.2. The molecule has 102 valence electrons. The Morgan fingerprint density at radius 2 is 2.11 bits per heavy atom. The van der Waals surface area contributed by atoms with Gasteiger partial charge in [0.1, 0.15) is 5.76 Å². The lowest BCUT2D eigenvalue weighted by Gasteiger charge is -2.35. The quantitative estimate of drug-likeness (QED) is 0.824. The van der Waals surface area contributed by atoms with Crippen LogP contribution >= 0.6 is 0 Å². The topological polar surface area (TPSA) is 53.8 Å². The van der Waals surface area contributed by atoms with Gasteiger partial charge in [0.25, 0.3) is 0 Å². The van der Waals surface area contributed by atoms with E-state index >= 15 is 0 Å². The van der Waals surface area contributed by atoms with E-state index in [0.29, 0.717) is 12.3 Å². The molecule has 1 aromatic rings. The van der Waals surface area contributed by atoms with Gasteiger partial charge >= 0.3 is 0 Å². The first-order valence-corrected chi connectivity index (χ1v) is 7.99. The Morgan fingerprint density at radius 3 is 2.61 bits per heavy atom. The van der Waals surface area contributed by atoms with Gasteiger partial charge in [-0.15, -0.1) is 0 Å². The molecule has 1 aromatic heterocycles. The van der Waals surface area contributed by atoms with Gasteiger partial charge in [-0.1, -0.05) is 0 Å². The van der Waals surface area contributed by atoms with Crippen molar-refractivity contribution >= 4 is 10.0 Å². The van der Waals surface area contributed by atoms with Gasteiger partial charge in [-0.05, 0) is 45.1 Å². The average molecular weight is 272 g/mol. The van der Waals surface area contributed by atoms with Crippen molar-refractivity contribution in [1.82, 2.24) is 9.21 Å². The third-order valence-electron chi connectivity index (χ3n) is 3.41. The van der Waals surface area contributed by atoms with E-state index in [2.05, 4.69) is 11.9 Å². The molecule has 2 heterocycles. The van der Waals surface area contributed by atoms with Gasteiger partial charge in [-0.2, -0.15) is 4.31 Å². The first-order chi connectivity index (χ1) is 8.47. The Bertz CT molecular complexity index is 462. The van der Waals surface area contributed by atoms with Crippen LogP contribution in [-0.4, -0.2) is 50.1 Å². The van der Waals surface area contributed by atoms with Crippen molar-refractivity contribution in [3.63, 3.8) is 0 Å². The predicted octanol–water partition coefficient (Wildman–Crippen LogP) is 1.14. The Balaban J connectivity index is 2.11. The van der Waals surface area contributed by atoms with Crippen molar-refractivity contribution in [1.29, 1.82) is 0 Å². The predicted molar refractivity (Wildman–Crippen MR) is 69.6 cm³/mol. The van der Waals surface area contributed by atoms with Gasteiger partial charge in [0, 0.05) is 6.04 Å². The molecule has 0 aromatic carbocycles. The molecular formula is C12H20N2O3S. The average Bonchev–Trinajstić information content (AvgIpc) is 2.79. The van der Waals surface area contributed by atoms with Crippen LogP contribution in [0.3, 0.4) is 0 Å². The summed E-state index contributed by atoms with van der Waals surface area (Å²) in [6.07, 6.45) is 4.60. The number of rotatable bonds is 4. The minimum absolute atomic E-state index is 0.0845. The molecule has 0 N–H and O–H groups in total. The van der Waals surface area contributed by atoms with Crippen molar-refractivity contribution in [3.8, 4) is 0 Å². The summed E-state index contributed by atoms with van der Waals surface area (Å²) in [6.45, 7) is 2.21. The molecule has 1 saturated heterocycles. The van der Waals surface area contributed by atoms with Crippen LogP contribution in [0.15, 0.2) is 22.8 Å². The van der Waals surface area contributed by atoms with Gasteiger partial charge in [0.2, 0.25) is 10.0 Å². The largest absolute Gasteiger partial charge is 0.468 e. The van der Waals surface area contributed by atoms with Crippen LogP contribution in [0.5, 0.6) is 0 Å². The lowest BCUT2D eigenvalue weighted by molar-refractivity contribution is 0.174. The third kappa shape index (κ3) is 3.34. The summed E-state index contributed by atoms with van der Waals surface area (Å²) in [7, 11) is -1.14. The molecule has 5 nitrogen and oxygen atoms in total. The molecular weight excluding hydrogens is 252 g/mol. The van der Waals surface area contributed by atoms with Crippen molar-refractivity contribution < 1.29 is 12.8 Å². The molecule has 0 aliphatic carbocycles. The summed E-state index contributed by atoms with van der Waals surface area (Å²) in [6, 6.07) is 3.68. The summed E-state index contributed by atoms with van der Waals surface area (Å²) in [5, 5.41) is 0. The van der Waals surface area contributed by atoms with Crippen molar-refractivity contribution in [2.45, 2.75) is 25.4 Å². The maximum absolute atomic E-state index is 11.9. The Labute approximate surface area is 108 Å². The lowest BCUT2D eigenvalue weighted by atomic mass is 10.1. The third-order valence-corrected chi connectivity index (χ3v) is 4.69. The van der Waals surface area contributed by atoms with Crippen LogP contribution in [-0.2, 0) is 16.6 Å². The summed E-state index contributed by atoms with van der Waals surface area (Å²) >= 11 is 0. The number of sulfonamides is 1. The van der Waals surface area contributed by atoms with E-state index in [1.54, 1.807) is 16.6 Å². The molecule has 0 saturated carbocycles. The van der Waals surface area contributed by atoms with Crippen LogP contribution in [0.1, 0.15) is 18.6 Å². The van der Waals surface area contributed by atoms with E-state index in [1.165, 1.54) is 6.26 Å². The molecule has 0 spiro atoms. The van der Waals surface area contributed by atoms with Crippen molar-refractivity contribution in [3.05, 3.63) is 24.2 Å². The standard InChI is InChI=1S/C12H20N2O3S/c1-13-7-5-11(6-8-13)14(18(2,15)16)10-12-4-3-9-17-12/h3-4,9,11H,5-8,10H2,1-2H3. The molecule has 2 rings (SSSR count). The second kappa shape index (κ2) is 5.42. The van der Waals surface area contributed by atoms with Crippen LogP contribution in [0.4, 0.5) is 0 Å². The minimum atomic E-state index is -3.20. The molecule has 0 unspecified atom stereocenters. The fourth-order valence-electron chi connectivity index (χ4n) is 2.36. The van der Waals surface area contributed by atoms with E-state index in [1.807, 2.05) is 6.07 Å². The first-order valence-electron chi connectivity index (χ1n) is 6.14. The highest BCUT2D eigenvalue weighted by molar-refractivity contribution is 7.88. The fraction of sp³-hybridized carbons (Fsp3) is 0.667. The second-order valence-electron chi connectivity index (χ2n) is 4.92. The molecule has 6 heteroatoms. The number of hydrogen-bond donors (Lipinski definition) is 0. The van der Waals surface area contributed by atoms with E-state index in [-0.39, 0.29) is 6.04 Å². The number of furan rings is 1. The zero-order valence-corrected chi connectivity index (χ0v) is 11.7. The second-order valence-corrected chi connectivity index (χ2v) is 6.86. The minimum Gasteiger partial charge on any atom is -0.468 e. The maximum Gasteiger partial charge on any atom is 0.211 e. The molecule has 1 fully saturated rings. The Morgan fingerprint density at radius 1 is 1.44 bits per heavy atom. The van der Waals surface area contributed by atoms with Gasteiger partial charge in [-0.3, -0.25) is 0 Å². The van der Waals surface area contributed by atoms with Crippen LogP contribution < -0.4 is 0 Å². The molecule has 18 heavy (non-hydrogen) atoms. The number of likely N-dealkylation sites (tertiary alicyclic amines) is 1. The van der Waals surface area contributed by atoms with Gasteiger partial charge in [0.15, 0.2) is 0 Å². The smallest absolute Gasteiger partial charge is 0.211 e. The van der Waals surface area contributed by atoms with Crippen molar-refractivity contribution in [2.75, 3.05) is 26.4 Å². The normalized spacial score (nSPS) is 19.5. The van der Waals surface area contributed by atoms with E-state index in [9.17, 15) is 8.42 Å². The zero-order valence-electron chi connectivity index (χ0n) is 10.9. The Kier molecular flexibility index (Phi) is 4.09. The fourth-order valence-corrected chi connectivity index (χ4v) is 3.47. The number of piperidine rings is 1. The summed E-state index contributed by atoms with van der Waals surface area (Å²) in [4.78, 5) is 2.23. The highest BCUT2D eigenvalue weighted by Gasteiger charge is 2.29. The van der Waals surface area contributed by atoms with Crippen LogP contribution in [0.2, 0.25) is 0 Å². The molecule has 0 bridgehead atoms. The molecule has 0 atom stereocenters. The number of nitrogens with zero attached hydrogens (tertiary/aromatic N) is 2. The lowest BCUT2D eigenvalue weighted by Crippen LogP contribution is -2.45.